The highest BCUT2D eigenvalue weighted by atomic mass is 35.5. The zero-order valence-corrected chi connectivity index (χ0v) is 11.5. The first-order valence-corrected chi connectivity index (χ1v) is 6.19. The molecule has 1 aromatic carbocycles. The maximum Gasteiger partial charge on any atom is 0.0206 e. The number of hydrogen-bond acceptors (Lipinski definition) is 2. The van der Waals surface area contributed by atoms with Crippen molar-refractivity contribution in [1.82, 2.24) is 4.90 Å². The predicted octanol–water partition coefficient (Wildman–Crippen LogP) is 2.49. The second-order valence-electron chi connectivity index (χ2n) is 5.17. The molecule has 1 aliphatic rings. The van der Waals surface area contributed by atoms with Gasteiger partial charge in [0, 0.05) is 25.7 Å². The number of rotatable bonds is 3. The van der Waals surface area contributed by atoms with Gasteiger partial charge in [0.15, 0.2) is 0 Å². The van der Waals surface area contributed by atoms with Gasteiger partial charge in [0.25, 0.3) is 0 Å². The molecule has 1 aromatic rings. The fraction of sp³-hybridized carbons (Fsp3) is 0.571. The van der Waals surface area contributed by atoms with Crippen LogP contribution in [-0.4, -0.2) is 30.6 Å². The average Bonchev–Trinajstić information content (AvgIpc) is 2.59. The average molecular weight is 255 g/mol. The van der Waals surface area contributed by atoms with Gasteiger partial charge in [-0.1, -0.05) is 44.2 Å². The largest absolute Gasteiger partial charge is 0.326 e. The van der Waals surface area contributed by atoms with E-state index in [1.54, 1.807) is 0 Å². The molecule has 1 saturated heterocycles. The van der Waals surface area contributed by atoms with Crippen LogP contribution in [0, 0.1) is 5.92 Å². The Balaban J connectivity index is 0.00000144. The van der Waals surface area contributed by atoms with Crippen molar-refractivity contribution in [2.75, 3.05) is 19.6 Å². The SMILES string of the molecule is CC(CN1CC(C)C(N)C1)c1ccccc1.Cl. The molecule has 2 rings (SSSR count). The van der Waals surface area contributed by atoms with Crippen molar-refractivity contribution in [2.45, 2.75) is 25.8 Å². The minimum Gasteiger partial charge on any atom is -0.326 e. The summed E-state index contributed by atoms with van der Waals surface area (Å²) in [5.74, 6) is 1.24. The first-order chi connectivity index (χ1) is 7.66. The van der Waals surface area contributed by atoms with E-state index in [0.29, 0.717) is 17.9 Å². The minimum atomic E-state index is 0. The first kappa shape index (κ1) is 14.5. The van der Waals surface area contributed by atoms with E-state index in [0.717, 1.165) is 19.6 Å². The molecule has 17 heavy (non-hydrogen) atoms. The molecule has 0 aliphatic carbocycles. The summed E-state index contributed by atoms with van der Waals surface area (Å²) >= 11 is 0. The van der Waals surface area contributed by atoms with Crippen LogP contribution in [0.25, 0.3) is 0 Å². The van der Waals surface area contributed by atoms with Crippen molar-refractivity contribution < 1.29 is 0 Å². The Morgan fingerprint density at radius 1 is 1.29 bits per heavy atom. The fourth-order valence-corrected chi connectivity index (χ4v) is 2.52. The number of hydrogen-bond donors (Lipinski definition) is 1. The van der Waals surface area contributed by atoms with Crippen LogP contribution in [0.5, 0.6) is 0 Å². The Bertz CT molecular complexity index is 318. The highest BCUT2D eigenvalue weighted by Crippen LogP contribution is 2.20. The second kappa shape index (κ2) is 6.39. The third-order valence-electron chi connectivity index (χ3n) is 3.65. The molecule has 1 heterocycles. The van der Waals surface area contributed by atoms with E-state index in [1.165, 1.54) is 5.56 Å². The Kier molecular flexibility index (Phi) is 5.44. The molecule has 0 aromatic heterocycles. The summed E-state index contributed by atoms with van der Waals surface area (Å²) in [6, 6.07) is 11.1. The van der Waals surface area contributed by atoms with Crippen LogP contribution in [0.1, 0.15) is 25.3 Å². The highest BCUT2D eigenvalue weighted by Gasteiger charge is 2.27. The molecular formula is C14H23ClN2. The smallest absolute Gasteiger partial charge is 0.0206 e. The van der Waals surface area contributed by atoms with Crippen LogP contribution in [0.15, 0.2) is 30.3 Å². The maximum absolute atomic E-state index is 6.04. The molecule has 1 aliphatic heterocycles. The summed E-state index contributed by atoms with van der Waals surface area (Å²) in [5.41, 5.74) is 7.47. The van der Waals surface area contributed by atoms with Crippen molar-refractivity contribution in [3.8, 4) is 0 Å². The number of halogens is 1. The third kappa shape index (κ3) is 3.70. The van der Waals surface area contributed by atoms with Gasteiger partial charge in [-0.3, -0.25) is 0 Å². The van der Waals surface area contributed by atoms with E-state index >= 15 is 0 Å². The lowest BCUT2D eigenvalue weighted by molar-refractivity contribution is 0.309. The topological polar surface area (TPSA) is 29.3 Å². The van der Waals surface area contributed by atoms with E-state index < -0.39 is 0 Å². The summed E-state index contributed by atoms with van der Waals surface area (Å²) < 4.78 is 0. The van der Waals surface area contributed by atoms with E-state index in [-0.39, 0.29) is 12.4 Å². The van der Waals surface area contributed by atoms with Gasteiger partial charge in [-0.2, -0.15) is 0 Å². The van der Waals surface area contributed by atoms with E-state index in [1.807, 2.05) is 0 Å². The number of benzene rings is 1. The van der Waals surface area contributed by atoms with Gasteiger partial charge in [0.05, 0.1) is 0 Å². The Hall–Kier alpha value is -0.570. The maximum atomic E-state index is 6.04. The standard InChI is InChI=1S/C14H22N2.ClH/c1-11(13-6-4-3-5-7-13)8-16-9-12(2)14(15)10-16;/h3-7,11-12,14H,8-10,15H2,1-2H3;1H. The summed E-state index contributed by atoms with van der Waals surface area (Å²) in [5, 5.41) is 0. The van der Waals surface area contributed by atoms with Gasteiger partial charge in [0.2, 0.25) is 0 Å². The molecule has 3 unspecified atom stereocenters. The van der Waals surface area contributed by atoms with Gasteiger partial charge in [-0.05, 0) is 17.4 Å². The Labute approximate surface area is 111 Å². The van der Waals surface area contributed by atoms with Crippen LogP contribution in [0.4, 0.5) is 0 Å². The van der Waals surface area contributed by atoms with E-state index in [2.05, 4.69) is 49.1 Å². The molecule has 3 heteroatoms. The van der Waals surface area contributed by atoms with Crippen molar-refractivity contribution in [3.05, 3.63) is 35.9 Å². The van der Waals surface area contributed by atoms with Gasteiger partial charge in [0.1, 0.15) is 0 Å². The predicted molar refractivity (Wildman–Crippen MR) is 75.7 cm³/mol. The quantitative estimate of drug-likeness (QED) is 0.898. The van der Waals surface area contributed by atoms with Gasteiger partial charge >= 0.3 is 0 Å². The van der Waals surface area contributed by atoms with Crippen molar-refractivity contribution in [1.29, 1.82) is 0 Å². The highest BCUT2D eigenvalue weighted by molar-refractivity contribution is 5.85. The Morgan fingerprint density at radius 2 is 1.94 bits per heavy atom. The zero-order chi connectivity index (χ0) is 11.5. The molecule has 0 bridgehead atoms. The van der Waals surface area contributed by atoms with Crippen LogP contribution in [0.3, 0.4) is 0 Å². The van der Waals surface area contributed by atoms with E-state index in [9.17, 15) is 0 Å². The molecule has 0 spiro atoms. The zero-order valence-electron chi connectivity index (χ0n) is 10.7. The van der Waals surface area contributed by atoms with Crippen LogP contribution >= 0.6 is 12.4 Å². The summed E-state index contributed by atoms with van der Waals surface area (Å²) in [6.45, 7) is 7.88. The molecule has 2 nitrogen and oxygen atoms in total. The van der Waals surface area contributed by atoms with E-state index in [4.69, 9.17) is 5.73 Å². The lowest BCUT2D eigenvalue weighted by atomic mass is 10.0. The van der Waals surface area contributed by atoms with Crippen LogP contribution in [0.2, 0.25) is 0 Å². The van der Waals surface area contributed by atoms with Crippen molar-refractivity contribution in [2.24, 2.45) is 11.7 Å². The molecule has 0 amide bonds. The Morgan fingerprint density at radius 3 is 2.47 bits per heavy atom. The van der Waals surface area contributed by atoms with Crippen molar-refractivity contribution >= 4 is 12.4 Å². The van der Waals surface area contributed by atoms with Crippen LogP contribution < -0.4 is 5.73 Å². The molecule has 2 N–H and O–H groups in total. The molecule has 0 radical (unpaired) electrons. The number of nitrogens with two attached hydrogens (primary N) is 1. The number of likely N-dealkylation sites (tertiary alicyclic amines) is 1. The summed E-state index contributed by atoms with van der Waals surface area (Å²) in [4.78, 5) is 2.49. The molecule has 3 atom stereocenters. The normalized spacial score (nSPS) is 26.5. The second-order valence-corrected chi connectivity index (χ2v) is 5.17. The lowest BCUT2D eigenvalue weighted by Gasteiger charge is -2.20. The van der Waals surface area contributed by atoms with Crippen molar-refractivity contribution in [3.63, 3.8) is 0 Å². The van der Waals surface area contributed by atoms with Gasteiger partial charge in [-0.25, -0.2) is 0 Å². The first-order valence-electron chi connectivity index (χ1n) is 6.19. The molecule has 0 saturated carbocycles. The van der Waals surface area contributed by atoms with Crippen LogP contribution in [-0.2, 0) is 0 Å². The fourth-order valence-electron chi connectivity index (χ4n) is 2.52. The monoisotopic (exact) mass is 254 g/mol. The minimum absolute atomic E-state index is 0. The van der Waals surface area contributed by atoms with Gasteiger partial charge in [-0.15, -0.1) is 12.4 Å². The molecular weight excluding hydrogens is 232 g/mol. The molecule has 96 valence electrons. The summed E-state index contributed by atoms with van der Waals surface area (Å²) in [6.07, 6.45) is 0. The van der Waals surface area contributed by atoms with Gasteiger partial charge < -0.3 is 10.6 Å². The third-order valence-corrected chi connectivity index (χ3v) is 3.65. The lowest BCUT2D eigenvalue weighted by Crippen LogP contribution is -2.30. The summed E-state index contributed by atoms with van der Waals surface area (Å²) in [7, 11) is 0. The molecule has 1 fully saturated rings. The number of nitrogens with zero attached hydrogens (tertiary/aromatic N) is 1.